The maximum atomic E-state index is 11.7. The predicted molar refractivity (Wildman–Crippen MR) is 85.5 cm³/mol. The number of alkyl halides is 2. The Morgan fingerprint density at radius 2 is 2.00 bits per heavy atom. The topological polar surface area (TPSA) is 34.1 Å². The molecule has 0 spiro atoms. The quantitative estimate of drug-likeness (QED) is 0.773. The van der Waals surface area contributed by atoms with Gasteiger partial charge in [0.2, 0.25) is 0 Å². The van der Waals surface area contributed by atoms with Gasteiger partial charge in [0.15, 0.2) is 9.84 Å². The van der Waals surface area contributed by atoms with E-state index in [0.29, 0.717) is 18.2 Å². The van der Waals surface area contributed by atoms with Gasteiger partial charge in [-0.1, -0.05) is 29.8 Å². The molecule has 1 aliphatic rings. The molecule has 0 aromatic heterocycles. The third-order valence-electron chi connectivity index (χ3n) is 4.27. The largest absolute Gasteiger partial charge is 0.229 e. The van der Waals surface area contributed by atoms with E-state index < -0.39 is 9.84 Å². The second-order valence-corrected chi connectivity index (χ2v) is 8.66. The van der Waals surface area contributed by atoms with Gasteiger partial charge >= 0.3 is 0 Å². The fraction of sp³-hybridized carbons (Fsp3) is 0.600. The third kappa shape index (κ3) is 3.49. The summed E-state index contributed by atoms with van der Waals surface area (Å²) in [7, 11) is -2.92. The Kier molecular flexibility index (Phi) is 5.04. The van der Waals surface area contributed by atoms with Crippen molar-refractivity contribution in [2.24, 2.45) is 11.3 Å². The van der Waals surface area contributed by atoms with Crippen molar-refractivity contribution in [2.45, 2.75) is 19.8 Å². The van der Waals surface area contributed by atoms with Crippen molar-refractivity contribution in [2.75, 3.05) is 23.3 Å². The molecule has 0 aliphatic carbocycles. The van der Waals surface area contributed by atoms with Gasteiger partial charge in [-0.3, -0.25) is 0 Å². The van der Waals surface area contributed by atoms with Crippen molar-refractivity contribution in [3.8, 4) is 0 Å². The fourth-order valence-corrected chi connectivity index (χ4v) is 5.85. The summed E-state index contributed by atoms with van der Waals surface area (Å²) in [5.41, 5.74) is 2.04. The lowest BCUT2D eigenvalue weighted by Gasteiger charge is -2.35. The van der Waals surface area contributed by atoms with Crippen LogP contribution in [0.1, 0.15) is 17.5 Å². The van der Waals surface area contributed by atoms with Crippen LogP contribution in [0.25, 0.3) is 0 Å². The molecule has 0 N–H and O–H groups in total. The Morgan fingerprint density at radius 3 is 2.50 bits per heavy atom. The van der Waals surface area contributed by atoms with E-state index >= 15 is 0 Å². The van der Waals surface area contributed by atoms with Gasteiger partial charge < -0.3 is 0 Å². The summed E-state index contributed by atoms with van der Waals surface area (Å²) in [4.78, 5) is 0. The zero-order valence-electron chi connectivity index (χ0n) is 11.6. The molecule has 1 saturated heterocycles. The zero-order chi connectivity index (χ0) is 14.8. The lowest BCUT2D eigenvalue weighted by molar-refractivity contribution is 0.244. The number of halogens is 2. The summed E-state index contributed by atoms with van der Waals surface area (Å²) in [5, 5.41) is 0. The Hall–Kier alpha value is -0.250. The molecule has 2 nitrogen and oxygen atoms in total. The third-order valence-corrected chi connectivity index (χ3v) is 7.10. The minimum absolute atomic E-state index is 0.0583. The van der Waals surface area contributed by atoms with Crippen molar-refractivity contribution in [1.29, 1.82) is 0 Å². The first-order valence-corrected chi connectivity index (χ1v) is 9.68. The summed E-state index contributed by atoms with van der Waals surface area (Å²) >= 11 is 12.4. The van der Waals surface area contributed by atoms with Gasteiger partial charge in [0.25, 0.3) is 0 Å². The normalized spacial score (nSPS) is 22.1. The summed E-state index contributed by atoms with van der Waals surface area (Å²) in [6, 6.07) is 8.25. The zero-order valence-corrected chi connectivity index (χ0v) is 13.9. The molecule has 1 atom stereocenters. The summed E-state index contributed by atoms with van der Waals surface area (Å²) in [6.07, 6.45) is 1.41. The number of hydrogen-bond donors (Lipinski definition) is 0. The molecule has 5 heteroatoms. The molecule has 1 fully saturated rings. The van der Waals surface area contributed by atoms with Gasteiger partial charge in [-0.25, -0.2) is 8.42 Å². The number of aryl methyl sites for hydroxylation is 1. The molecule has 1 aromatic rings. The van der Waals surface area contributed by atoms with E-state index in [0.717, 1.165) is 6.42 Å². The van der Waals surface area contributed by atoms with E-state index in [9.17, 15) is 8.42 Å². The van der Waals surface area contributed by atoms with Crippen LogP contribution in [0.3, 0.4) is 0 Å². The lowest BCUT2D eigenvalue weighted by Crippen LogP contribution is -2.37. The minimum atomic E-state index is -2.92. The average molecular weight is 335 g/mol. The smallest absolute Gasteiger partial charge is 0.150 e. The molecule has 1 heterocycles. The molecule has 20 heavy (non-hydrogen) atoms. The molecule has 0 saturated carbocycles. The summed E-state index contributed by atoms with van der Waals surface area (Å²) in [5.74, 6) is 1.33. The number of hydrogen-bond acceptors (Lipinski definition) is 2. The molecule has 0 radical (unpaired) electrons. The van der Waals surface area contributed by atoms with Crippen LogP contribution >= 0.6 is 23.2 Å². The molecular formula is C15H20Cl2O2S. The summed E-state index contributed by atoms with van der Waals surface area (Å²) < 4.78 is 23.5. The van der Waals surface area contributed by atoms with Crippen LogP contribution in [0.4, 0.5) is 0 Å². The van der Waals surface area contributed by atoms with Gasteiger partial charge in [0.05, 0.1) is 11.5 Å². The van der Waals surface area contributed by atoms with Crippen LogP contribution in [0.15, 0.2) is 24.3 Å². The van der Waals surface area contributed by atoms with E-state index in [1.807, 2.05) is 19.1 Å². The number of sulfone groups is 1. The summed E-state index contributed by atoms with van der Waals surface area (Å²) in [6.45, 7) is 2.05. The van der Waals surface area contributed by atoms with Crippen LogP contribution in [-0.2, 0) is 16.3 Å². The second-order valence-electron chi connectivity index (χ2n) is 5.90. The fourth-order valence-electron chi connectivity index (χ4n) is 3.00. The van der Waals surface area contributed by atoms with Crippen LogP contribution in [-0.4, -0.2) is 31.7 Å². The Labute approximate surface area is 131 Å². The standard InChI is InChI=1S/C15H20Cl2O2S/c1-12-3-2-4-13(7-12)8-15(10-16,11-17)14-5-6-20(18,19)9-14/h2-4,7,14H,5-6,8-11H2,1H3. The average Bonchev–Trinajstić information content (AvgIpc) is 2.77. The highest BCUT2D eigenvalue weighted by Crippen LogP contribution is 2.41. The molecule has 1 aliphatic heterocycles. The van der Waals surface area contributed by atoms with E-state index in [1.54, 1.807) is 0 Å². The Bertz CT molecular complexity index is 565. The van der Waals surface area contributed by atoms with Gasteiger partial charge in [-0.2, -0.15) is 0 Å². The molecule has 2 rings (SSSR count). The highest BCUT2D eigenvalue weighted by Gasteiger charge is 2.43. The Balaban J connectivity index is 2.26. The second kappa shape index (κ2) is 6.25. The van der Waals surface area contributed by atoms with Crippen molar-refractivity contribution in [3.63, 3.8) is 0 Å². The van der Waals surface area contributed by atoms with Crippen LogP contribution in [0, 0.1) is 18.3 Å². The molecular weight excluding hydrogens is 315 g/mol. The van der Waals surface area contributed by atoms with E-state index in [4.69, 9.17) is 23.2 Å². The van der Waals surface area contributed by atoms with Gasteiger partial charge in [-0.05, 0) is 31.2 Å². The van der Waals surface area contributed by atoms with Gasteiger partial charge in [0, 0.05) is 17.2 Å². The van der Waals surface area contributed by atoms with Gasteiger partial charge in [-0.15, -0.1) is 23.2 Å². The monoisotopic (exact) mass is 334 g/mol. The Morgan fingerprint density at radius 1 is 1.30 bits per heavy atom. The first kappa shape index (κ1) is 16.1. The maximum Gasteiger partial charge on any atom is 0.150 e. The van der Waals surface area contributed by atoms with Crippen molar-refractivity contribution >= 4 is 33.0 Å². The SMILES string of the molecule is Cc1cccc(CC(CCl)(CCl)C2CCS(=O)(=O)C2)c1. The molecule has 0 amide bonds. The van der Waals surface area contributed by atoms with Crippen LogP contribution < -0.4 is 0 Å². The van der Waals surface area contributed by atoms with Crippen LogP contribution in [0.2, 0.25) is 0 Å². The molecule has 0 bridgehead atoms. The van der Waals surface area contributed by atoms with E-state index in [1.165, 1.54) is 11.1 Å². The number of benzene rings is 1. The minimum Gasteiger partial charge on any atom is -0.229 e. The van der Waals surface area contributed by atoms with Crippen molar-refractivity contribution in [1.82, 2.24) is 0 Å². The molecule has 1 unspecified atom stereocenters. The van der Waals surface area contributed by atoms with Gasteiger partial charge in [0.1, 0.15) is 0 Å². The van der Waals surface area contributed by atoms with Crippen molar-refractivity contribution < 1.29 is 8.42 Å². The molecule has 112 valence electrons. The first-order chi connectivity index (χ1) is 9.41. The van der Waals surface area contributed by atoms with Crippen molar-refractivity contribution in [3.05, 3.63) is 35.4 Å². The predicted octanol–water partition coefficient (Wildman–Crippen LogP) is 3.44. The first-order valence-electron chi connectivity index (χ1n) is 6.79. The van der Waals surface area contributed by atoms with E-state index in [-0.39, 0.29) is 22.8 Å². The highest BCUT2D eigenvalue weighted by atomic mass is 35.5. The molecule has 1 aromatic carbocycles. The highest BCUT2D eigenvalue weighted by molar-refractivity contribution is 7.91. The lowest BCUT2D eigenvalue weighted by atomic mass is 9.73. The maximum absolute atomic E-state index is 11.7. The van der Waals surface area contributed by atoms with Crippen LogP contribution in [0.5, 0.6) is 0 Å². The number of rotatable bonds is 5. The van der Waals surface area contributed by atoms with E-state index in [2.05, 4.69) is 12.1 Å².